The fourth-order valence-electron chi connectivity index (χ4n) is 1.26. The van der Waals surface area contributed by atoms with Gasteiger partial charge >= 0.3 is 5.97 Å². The van der Waals surface area contributed by atoms with Gasteiger partial charge in [0, 0.05) is 5.56 Å². The molecule has 0 radical (unpaired) electrons. The lowest BCUT2D eigenvalue weighted by atomic mass is 10.1. The minimum absolute atomic E-state index is 0.608. The summed E-state index contributed by atoms with van der Waals surface area (Å²) < 4.78 is 57.7. The Morgan fingerprint density at radius 2 is 1.56 bits per heavy atom. The zero-order chi connectivity index (χ0) is 13.9. The molecule has 0 aliphatic carbocycles. The van der Waals surface area contributed by atoms with E-state index in [2.05, 4.69) is 9.57 Å². The number of esters is 1. The molecule has 0 amide bonds. The molecule has 0 aromatic heterocycles. The zero-order valence-corrected chi connectivity index (χ0v) is 9.44. The van der Waals surface area contributed by atoms with Gasteiger partial charge in [-0.1, -0.05) is 0 Å². The molecule has 1 N–H and O–H groups in total. The van der Waals surface area contributed by atoms with E-state index in [9.17, 15) is 22.4 Å². The first-order chi connectivity index (χ1) is 8.45. The van der Waals surface area contributed by atoms with E-state index in [1.54, 1.807) is 0 Å². The SMILES string of the molecule is CONCc1c(F)c(F)c(C(=O)OC)c(F)c1F. The predicted molar refractivity (Wildman–Crippen MR) is 51.5 cm³/mol. The van der Waals surface area contributed by atoms with E-state index < -0.39 is 46.9 Å². The highest BCUT2D eigenvalue weighted by Gasteiger charge is 2.29. The summed E-state index contributed by atoms with van der Waals surface area (Å²) in [6.45, 7) is -0.608. The summed E-state index contributed by atoms with van der Waals surface area (Å²) in [4.78, 5) is 15.3. The van der Waals surface area contributed by atoms with Crippen LogP contribution in [0.5, 0.6) is 0 Å². The van der Waals surface area contributed by atoms with Crippen LogP contribution in [0.15, 0.2) is 0 Å². The minimum Gasteiger partial charge on any atom is -0.465 e. The lowest BCUT2D eigenvalue weighted by Gasteiger charge is -2.10. The first kappa shape index (κ1) is 14.4. The van der Waals surface area contributed by atoms with Crippen molar-refractivity contribution in [3.63, 3.8) is 0 Å². The number of nitrogens with one attached hydrogen (secondary N) is 1. The highest BCUT2D eigenvalue weighted by atomic mass is 19.2. The van der Waals surface area contributed by atoms with Crippen LogP contribution in [0.25, 0.3) is 0 Å². The van der Waals surface area contributed by atoms with Gasteiger partial charge in [0.05, 0.1) is 20.8 Å². The predicted octanol–water partition coefficient (Wildman–Crippen LogP) is 1.68. The van der Waals surface area contributed by atoms with E-state index in [1.807, 2.05) is 5.48 Å². The van der Waals surface area contributed by atoms with Crippen LogP contribution in [0.2, 0.25) is 0 Å². The number of carbonyl (C=O) groups excluding carboxylic acids is 1. The zero-order valence-electron chi connectivity index (χ0n) is 9.44. The molecule has 0 saturated carbocycles. The molecule has 0 aliphatic rings. The third kappa shape index (κ3) is 2.44. The fourth-order valence-corrected chi connectivity index (χ4v) is 1.26. The topological polar surface area (TPSA) is 47.6 Å². The van der Waals surface area contributed by atoms with Crippen molar-refractivity contribution >= 4 is 5.97 Å². The molecule has 18 heavy (non-hydrogen) atoms. The van der Waals surface area contributed by atoms with Crippen LogP contribution in [-0.4, -0.2) is 20.2 Å². The molecule has 1 aromatic carbocycles. The van der Waals surface area contributed by atoms with Crippen LogP contribution >= 0.6 is 0 Å². The molecule has 0 spiro atoms. The Labute approximate surface area is 99.4 Å². The molecule has 0 fully saturated rings. The smallest absolute Gasteiger partial charge is 0.344 e. The Bertz CT molecular complexity index is 450. The van der Waals surface area contributed by atoms with Gasteiger partial charge in [-0.2, -0.15) is 5.48 Å². The largest absolute Gasteiger partial charge is 0.465 e. The summed E-state index contributed by atoms with van der Waals surface area (Å²) in [7, 11) is 1.99. The molecular weight excluding hydrogens is 258 g/mol. The monoisotopic (exact) mass is 267 g/mol. The summed E-state index contributed by atoms with van der Waals surface area (Å²) in [5.41, 5.74) is -0.292. The number of halogens is 4. The van der Waals surface area contributed by atoms with Crippen molar-refractivity contribution in [1.29, 1.82) is 0 Å². The third-order valence-electron chi connectivity index (χ3n) is 2.14. The van der Waals surface area contributed by atoms with Crippen molar-refractivity contribution in [1.82, 2.24) is 5.48 Å². The van der Waals surface area contributed by atoms with Crippen molar-refractivity contribution < 1.29 is 31.9 Å². The average Bonchev–Trinajstić information content (AvgIpc) is 2.36. The third-order valence-corrected chi connectivity index (χ3v) is 2.14. The lowest BCUT2D eigenvalue weighted by molar-refractivity contribution is 0.0586. The van der Waals surface area contributed by atoms with Gasteiger partial charge in [-0.15, -0.1) is 0 Å². The highest BCUT2D eigenvalue weighted by molar-refractivity contribution is 5.90. The van der Waals surface area contributed by atoms with Crippen LogP contribution in [0.4, 0.5) is 17.6 Å². The van der Waals surface area contributed by atoms with Gasteiger partial charge in [-0.3, -0.25) is 0 Å². The van der Waals surface area contributed by atoms with Crippen molar-refractivity contribution in [2.24, 2.45) is 0 Å². The normalized spacial score (nSPS) is 10.6. The molecule has 1 aromatic rings. The van der Waals surface area contributed by atoms with Crippen LogP contribution in [-0.2, 0) is 16.1 Å². The van der Waals surface area contributed by atoms with Crippen LogP contribution < -0.4 is 5.48 Å². The molecule has 0 saturated heterocycles. The molecule has 0 atom stereocenters. The number of methoxy groups -OCH3 is 1. The second kappa shape index (κ2) is 5.78. The Morgan fingerprint density at radius 3 is 1.94 bits per heavy atom. The van der Waals surface area contributed by atoms with Gasteiger partial charge < -0.3 is 9.57 Å². The van der Waals surface area contributed by atoms with Gasteiger partial charge in [0.15, 0.2) is 23.3 Å². The number of hydrogen-bond donors (Lipinski definition) is 1. The number of hydrogen-bond acceptors (Lipinski definition) is 4. The number of rotatable bonds is 4. The van der Waals surface area contributed by atoms with Crippen molar-refractivity contribution in [3.05, 3.63) is 34.4 Å². The second-order valence-corrected chi connectivity index (χ2v) is 3.13. The van der Waals surface area contributed by atoms with Gasteiger partial charge in [0.2, 0.25) is 0 Å². The maximum Gasteiger partial charge on any atom is 0.344 e. The summed E-state index contributed by atoms with van der Waals surface area (Å²) in [6, 6.07) is 0. The molecule has 0 bridgehead atoms. The van der Waals surface area contributed by atoms with Gasteiger partial charge in [-0.25, -0.2) is 22.4 Å². The molecule has 0 aliphatic heterocycles. The summed E-state index contributed by atoms with van der Waals surface area (Å²) in [5.74, 6) is -8.49. The van der Waals surface area contributed by atoms with Gasteiger partial charge in [0.1, 0.15) is 5.56 Å². The molecule has 100 valence electrons. The van der Waals surface area contributed by atoms with Crippen molar-refractivity contribution in [2.45, 2.75) is 6.54 Å². The molecule has 4 nitrogen and oxygen atoms in total. The number of hydroxylamine groups is 1. The maximum atomic E-state index is 13.4. The molecule has 0 heterocycles. The van der Waals surface area contributed by atoms with E-state index in [0.29, 0.717) is 0 Å². The van der Waals surface area contributed by atoms with Crippen LogP contribution in [0.3, 0.4) is 0 Å². The molecule has 1 rings (SSSR count). The fraction of sp³-hybridized carbons (Fsp3) is 0.300. The number of ether oxygens (including phenoxy) is 1. The second-order valence-electron chi connectivity index (χ2n) is 3.13. The van der Waals surface area contributed by atoms with Crippen molar-refractivity contribution in [3.8, 4) is 0 Å². The first-order valence-electron chi connectivity index (χ1n) is 4.64. The Morgan fingerprint density at radius 1 is 1.06 bits per heavy atom. The first-order valence-corrected chi connectivity index (χ1v) is 4.64. The number of benzene rings is 1. The summed E-state index contributed by atoms with van der Waals surface area (Å²) >= 11 is 0. The standard InChI is InChI=1S/C10H9F4NO3/c1-17-10(16)5-8(13)6(11)4(3-15-18-2)7(12)9(5)14/h15H,3H2,1-2H3. The Balaban J connectivity index is 3.40. The van der Waals surface area contributed by atoms with E-state index in [-0.39, 0.29) is 0 Å². The molecular formula is C10H9F4NO3. The van der Waals surface area contributed by atoms with Crippen LogP contribution in [0.1, 0.15) is 15.9 Å². The molecule has 0 unspecified atom stereocenters. The highest BCUT2D eigenvalue weighted by Crippen LogP contribution is 2.24. The quantitative estimate of drug-likeness (QED) is 0.390. The van der Waals surface area contributed by atoms with Crippen LogP contribution in [0, 0.1) is 23.3 Å². The lowest BCUT2D eigenvalue weighted by Crippen LogP contribution is -2.19. The van der Waals surface area contributed by atoms with E-state index in [1.165, 1.54) is 0 Å². The minimum atomic E-state index is -1.81. The van der Waals surface area contributed by atoms with Gasteiger partial charge in [-0.05, 0) is 0 Å². The summed E-state index contributed by atoms with van der Waals surface area (Å²) in [6.07, 6.45) is 0. The maximum absolute atomic E-state index is 13.4. The number of carbonyl (C=O) groups is 1. The van der Waals surface area contributed by atoms with Crippen molar-refractivity contribution in [2.75, 3.05) is 14.2 Å². The Kier molecular flexibility index (Phi) is 4.62. The average molecular weight is 267 g/mol. The Hall–Kier alpha value is -1.67. The van der Waals surface area contributed by atoms with E-state index >= 15 is 0 Å². The van der Waals surface area contributed by atoms with E-state index in [4.69, 9.17) is 0 Å². The molecule has 8 heteroatoms. The van der Waals surface area contributed by atoms with E-state index in [0.717, 1.165) is 14.2 Å². The van der Waals surface area contributed by atoms with Gasteiger partial charge in [0.25, 0.3) is 0 Å². The summed E-state index contributed by atoms with van der Waals surface area (Å²) in [5, 5.41) is 0.